The van der Waals surface area contributed by atoms with Crippen LogP contribution in [0.15, 0.2) is 45.2 Å². The monoisotopic (exact) mass is 431 g/mol. The average Bonchev–Trinajstić information content (AvgIpc) is 3.35. The molecule has 8 heteroatoms. The van der Waals surface area contributed by atoms with Crippen LogP contribution in [0.25, 0.3) is 17.5 Å². The number of nitrogens with one attached hydrogen (secondary N) is 2. The van der Waals surface area contributed by atoms with E-state index in [1.54, 1.807) is 30.3 Å². The van der Waals surface area contributed by atoms with Crippen LogP contribution in [0, 0.1) is 25.2 Å². The summed E-state index contributed by atoms with van der Waals surface area (Å²) in [6.45, 7) is 4.12. The third-order valence-corrected chi connectivity index (χ3v) is 5.96. The molecule has 0 radical (unpaired) electrons. The molecule has 164 valence electrons. The molecule has 0 spiro atoms. The van der Waals surface area contributed by atoms with E-state index in [1.807, 2.05) is 19.1 Å². The number of hydrogen-bond acceptors (Lipinski definition) is 5. The van der Waals surface area contributed by atoms with Crippen LogP contribution in [0.2, 0.25) is 0 Å². The number of H-pyrrole nitrogens is 1. The normalized spacial score (nSPS) is 14.8. The molecule has 0 unspecified atom stereocenters. The summed E-state index contributed by atoms with van der Waals surface area (Å²) < 4.78 is 6.87. The van der Waals surface area contributed by atoms with Gasteiger partial charge in [-0.15, -0.1) is 0 Å². The summed E-state index contributed by atoms with van der Waals surface area (Å²) in [4.78, 5) is 26.5. The zero-order valence-corrected chi connectivity index (χ0v) is 18.1. The molecule has 0 aliphatic heterocycles. The molecule has 1 saturated carbocycles. The number of aryl methyl sites for hydroxylation is 1. The summed E-state index contributed by atoms with van der Waals surface area (Å²) in [6.07, 6.45) is 7.74. The molecule has 2 aromatic heterocycles. The van der Waals surface area contributed by atoms with E-state index in [0.717, 1.165) is 29.8 Å². The number of hydrogen-bond donors (Lipinski definition) is 2. The molecular formula is C24H25N5O3. The van der Waals surface area contributed by atoms with Crippen LogP contribution < -0.4 is 11.1 Å². The smallest absolute Gasteiger partial charge is 0.346 e. The number of carbonyl (C=O) groups is 1. The highest BCUT2D eigenvalue weighted by Crippen LogP contribution is 2.32. The van der Waals surface area contributed by atoms with E-state index in [9.17, 15) is 14.9 Å². The first-order valence-electron chi connectivity index (χ1n) is 10.7. The molecule has 8 nitrogen and oxygen atoms in total. The first kappa shape index (κ1) is 21.4. The molecule has 1 aliphatic carbocycles. The molecule has 1 aliphatic rings. The maximum Gasteiger partial charge on any atom is 0.439 e. The third kappa shape index (κ3) is 4.42. The van der Waals surface area contributed by atoms with Gasteiger partial charge >= 0.3 is 5.76 Å². The first-order chi connectivity index (χ1) is 15.5. The highest BCUT2D eigenvalue weighted by Gasteiger charge is 2.20. The minimum absolute atomic E-state index is 0.0224. The Labute approximate surface area is 185 Å². The first-order valence-corrected chi connectivity index (χ1v) is 10.7. The molecule has 2 heterocycles. The van der Waals surface area contributed by atoms with Crippen molar-refractivity contribution in [2.75, 3.05) is 5.32 Å². The van der Waals surface area contributed by atoms with Crippen LogP contribution in [-0.4, -0.2) is 20.6 Å². The number of nitriles is 1. The summed E-state index contributed by atoms with van der Waals surface area (Å²) in [5.74, 6) is -0.895. The summed E-state index contributed by atoms with van der Waals surface area (Å²) in [6, 6.07) is 11.3. The highest BCUT2D eigenvalue weighted by molar-refractivity contribution is 6.09. The summed E-state index contributed by atoms with van der Waals surface area (Å²) in [7, 11) is 0. The lowest BCUT2D eigenvalue weighted by Crippen LogP contribution is -2.15. The van der Waals surface area contributed by atoms with E-state index in [2.05, 4.69) is 31.5 Å². The summed E-state index contributed by atoms with van der Waals surface area (Å²) >= 11 is 0. The number of aromatic nitrogens is 3. The molecule has 0 saturated heterocycles. The predicted octanol–water partition coefficient (Wildman–Crippen LogP) is 4.50. The lowest BCUT2D eigenvalue weighted by atomic mass is 9.95. The van der Waals surface area contributed by atoms with Gasteiger partial charge < -0.3 is 9.88 Å². The second-order valence-corrected chi connectivity index (χ2v) is 8.14. The van der Waals surface area contributed by atoms with Crippen molar-refractivity contribution >= 4 is 17.7 Å². The minimum atomic E-state index is -0.657. The van der Waals surface area contributed by atoms with Gasteiger partial charge in [0.2, 0.25) is 0 Å². The van der Waals surface area contributed by atoms with Gasteiger partial charge in [0.25, 0.3) is 5.91 Å². The summed E-state index contributed by atoms with van der Waals surface area (Å²) in [5.41, 5.74) is 4.18. The number of aromatic amines is 1. The average molecular weight is 431 g/mol. The lowest BCUT2D eigenvalue weighted by Gasteiger charge is -2.26. The van der Waals surface area contributed by atoms with Crippen LogP contribution in [0.5, 0.6) is 0 Å². The van der Waals surface area contributed by atoms with E-state index in [-0.39, 0.29) is 11.4 Å². The van der Waals surface area contributed by atoms with Crippen molar-refractivity contribution in [2.24, 2.45) is 0 Å². The number of nitrogens with zero attached hydrogens (tertiary/aromatic N) is 3. The van der Waals surface area contributed by atoms with Gasteiger partial charge in [-0.2, -0.15) is 5.26 Å². The SMILES string of the molecule is Cc1cc(/C=C(/C#N)C(=O)Nc2cccc(-c3noc(=O)[nH]3)c2)c(C)n1C1CCCCC1. The van der Waals surface area contributed by atoms with Crippen molar-refractivity contribution in [1.29, 1.82) is 5.26 Å². The molecule has 3 aromatic rings. The Bertz CT molecular complexity index is 1270. The van der Waals surface area contributed by atoms with Crippen LogP contribution in [0.4, 0.5) is 5.69 Å². The Morgan fingerprint density at radius 2 is 2.06 bits per heavy atom. The number of anilines is 1. The van der Waals surface area contributed by atoms with E-state index < -0.39 is 11.7 Å². The van der Waals surface area contributed by atoms with Crippen molar-refractivity contribution in [1.82, 2.24) is 14.7 Å². The molecule has 0 bridgehead atoms. The molecule has 4 rings (SSSR count). The van der Waals surface area contributed by atoms with Gasteiger partial charge in [-0.25, -0.2) is 4.79 Å². The van der Waals surface area contributed by atoms with Crippen LogP contribution in [0.1, 0.15) is 55.1 Å². The number of amides is 1. The third-order valence-electron chi connectivity index (χ3n) is 5.96. The maximum atomic E-state index is 12.8. The van der Waals surface area contributed by atoms with E-state index in [4.69, 9.17) is 0 Å². The molecule has 2 N–H and O–H groups in total. The van der Waals surface area contributed by atoms with E-state index in [1.165, 1.54) is 19.3 Å². The molecular weight excluding hydrogens is 406 g/mol. The van der Waals surface area contributed by atoms with Crippen molar-refractivity contribution in [2.45, 2.75) is 52.0 Å². The number of benzene rings is 1. The largest absolute Gasteiger partial charge is 0.439 e. The second kappa shape index (κ2) is 9.10. The quantitative estimate of drug-likeness (QED) is 0.456. The van der Waals surface area contributed by atoms with Gasteiger partial charge in [0.05, 0.1) is 0 Å². The van der Waals surface area contributed by atoms with Crippen molar-refractivity contribution < 1.29 is 9.32 Å². The second-order valence-electron chi connectivity index (χ2n) is 8.14. The lowest BCUT2D eigenvalue weighted by molar-refractivity contribution is -0.112. The Balaban J connectivity index is 1.56. The molecule has 1 amide bonds. The van der Waals surface area contributed by atoms with Gasteiger partial charge in [-0.05, 0) is 56.5 Å². The van der Waals surface area contributed by atoms with Crippen LogP contribution in [0.3, 0.4) is 0 Å². The summed E-state index contributed by atoms with van der Waals surface area (Å²) in [5, 5.41) is 16.0. The van der Waals surface area contributed by atoms with Gasteiger partial charge in [0.1, 0.15) is 11.6 Å². The number of rotatable bonds is 5. The highest BCUT2D eigenvalue weighted by atomic mass is 16.5. The predicted molar refractivity (Wildman–Crippen MR) is 121 cm³/mol. The van der Waals surface area contributed by atoms with Crippen molar-refractivity contribution in [3.05, 3.63) is 63.4 Å². The fourth-order valence-electron chi connectivity index (χ4n) is 4.45. The van der Waals surface area contributed by atoms with Gasteiger partial charge in [-0.3, -0.25) is 14.3 Å². The van der Waals surface area contributed by atoms with Crippen molar-refractivity contribution in [3.63, 3.8) is 0 Å². The Hall–Kier alpha value is -3.86. The fraction of sp³-hybridized carbons (Fsp3) is 0.333. The van der Waals surface area contributed by atoms with Crippen LogP contribution >= 0.6 is 0 Å². The topological polar surface area (TPSA) is 117 Å². The molecule has 0 atom stereocenters. The van der Waals surface area contributed by atoms with E-state index in [0.29, 0.717) is 17.3 Å². The molecule has 1 aromatic carbocycles. The Morgan fingerprint density at radius 1 is 1.28 bits per heavy atom. The maximum absolute atomic E-state index is 12.8. The van der Waals surface area contributed by atoms with Gasteiger partial charge in [-0.1, -0.05) is 36.6 Å². The zero-order valence-electron chi connectivity index (χ0n) is 18.1. The fourth-order valence-corrected chi connectivity index (χ4v) is 4.45. The van der Waals surface area contributed by atoms with Gasteiger partial charge in [0.15, 0.2) is 5.82 Å². The zero-order chi connectivity index (χ0) is 22.7. The Kier molecular flexibility index (Phi) is 6.08. The molecule has 1 fully saturated rings. The van der Waals surface area contributed by atoms with E-state index >= 15 is 0 Å². The van der Waals surface area contributed by atoms with Crippen molar-refractivity contribution in [3.8, 4) is 17.5 Å². The Morgan fingerprint density at radius 3 is 2.75 bits per heavy atom. The van der Waals surface area contributed by atoms with Crippen LogP contribution in [-0.2, 0) is 4.79 Å². The number of carbonyl (C=O) groups excluding carboxylic acids is 1. The molecule has 32 heavy (non-hydrogen) atoms. The standard InChI is InChI=1S/C24H25N5O3/c1-15-11-18(16(2)29(15)21-9-4-3-5-10-21)12-19(14-25)23(30)26-20-8-6-7-17(13-20)22-27-24(31)32-28-22/h6-8,11-13,21H,3-5,9-10H2,1-2H3,(H,26,30)(H,27,28,31)/b19-12-. The minimum Gasteiger partial charge on any atom is -0.346 e. The van der Waals surface area contributed by atoms with Gasteiger partial charge in [0, 0.05) is 28.7 Å².